The fraction of sp³-hybridized carbons (Fsp3) is 0.333. The summed E-state index contributed by atoms with van der Waals surface area (Å²) >= 11 is 0. The number of Topliss-reactive ketones (excluding diaryl/α,β-unsaturated/α-hetero) is 1. The summed E-state index contributed by atoms with van der Waals surface area (Å²) in [5.74, 6) is 1.04. The minimum atomic E-state index is 0.0458. The Morgan fingerprint density at radius 1 is 0.939 bits per heavy atom. The van der Waals surface area contributed by atoms with Crippen molar-refractivity contribution in [2.24, 2.45) is 0 Å². The van der Waals surface area contributed by atoms with E-state index in [1.807, 2.05) is 60.4 Å². The van der Waals surface area contributed by atoms with Gasteiger partial charge in [0.05, 0.1) is 7.11 Å². The zero-order chi connectivity index (χ0) is 23.4. The zero-order valence-corrected chi connectivity index (χ0v) is 19.6. The number of carbonyl (C=O) groups is 2. The molecule has 1 amide bonds. The predicted molar refractivity (Wildman–Crippen MR) is 131 cm³/mol. The SMILES string of the molecule is COc1ccc(N2CCN(C(=O)CCn3c(-c4ccccc4)cc(C(C)=O)c3C)CC2)cc1. The molecule has 2 heterocycles. The third-order valence-electron chi connectivity index (χ3n) is 6.43. The number of methoxy groups -OCH3 is 1. The van der Waals surface area contributed by atoms with Crippen molar-refractivity contribution < 1.29 is 14.3 Å². The number of benzene rings is 2. The van der Waals surface area contributed by atoms with Crippen LogP contribution in [0, 0.1) is 6.92 Å². The molecular formula is C27H31N3O3. The van der Waals surface area contributed by atoms with Gasteiger partial charge in [0, 0.05) is 61.8 Å². The highest BCUT2D eigenvalue weighted by molar-refractivity contribution is 5.96. The van der Waals surface area contributed by atoms with Crippen molar-refractivity contribution in [1.29, 1.82) is 0 Å². The Kier molecular flexibility index (Phi) is 6.82. The fourth-order valence-corrected chi connectivity index (χ4v) is 4.51. The number of hydrogen-bond donors (Lipinski definition) is 0. The van der Waals surface area contributed by atoms with E-state index < -0.39 is 0 Å². The Morgan fingerprint density at radius 3 is 2.21 bits per heavy atom. The number of rotatable bonds is 7. The van der Waals surface area contributed by atoms with Crippen molar-refractivity contribution in [3.63, 3.8) is 0 Å². The lowest BCUT2D eigenvalue weighted by molar-refractivity contribution is -0.131. The van der Waals surface area contributed by atoms with Crippen LogP contribution in [0.4, 0.5) is 5.69 Å². The van der Waals surface area contributed by atoms with E-state index in [1.54, 1.807) is 14.0 Å². The van der Waals surface area contributed by atoms with Gasteiger partial charge in [0.2, 0.25) is 5.91 Å². The molecule has 0 radical (unpaired) electrons. The Bertz CT molecular complexity index is 1110. The maximum atomic E-state index is 13.0. The molecule has 172 valence electrons. The molecule has 2 aromatic carbocycles. The summed E-state index contributed by atoms with van der Waals surface area (Å²) in [5.41, 5.74) is 4.81. The summed E-state index contributed by atoms with van der Waals surface area (Å²) in [6.45, 7) is 7.14. The molecule has 0 atom stereocenters. The average molecular weight is 446 g/mol. The lowest BCUT2D eigenvalue weighted by Gasteiger charge is -2.36. The van der Waals surface area contributed by atoms with Gasteiger partial charge >= 0.3 is 0 Å². The summed E-state index contributed by atoms with van der Waals surface area (Å²) in [7, 11) is 1.67. The van der Waals surface area contributed by atoms with Gasteiger partial charge < -0.3 is 19.1 Å². The molecular weight excluding hydrogens is 414 g/mol. The van der Waals surface area contributed by atoms with E-state index in [9.17, 15) is 9.59 Å². The van der Waals surface area contributed by atoms with Crippen LogP contribution in [0.1, 0.15) is 29.4 Å². The Hall–Kier alpha value is -3.54. The summed E-state index contributed by atoms with van der Waals surface area (Å²) in [6, 6.07) is 20.0. The van der Waals surface area contributed by atoms with Crippen LogP contribution >= 0.6 is 0 Å². The van der Waals surface area contributed by atoms with Crippen LogP contribution < -0.4 is 9.64 Å². The molecule has 1 aliphatic heterocycles. The van der Waals surface area contributed by atoms with Crippen molar-refractivity contribution in [2.75, 3.05) is 38.2 Å². The molecule has 0 aliphatic carbocycles. The van der Waals surface area contributed by atoms with Crippen molar-refractivity contribution in [2.45, 2.75) is 26.8 Å². The normalized spacial score (nSPS) is 13.8. The number of ketones is 1. The number of ether oxygens (including phenoxy) is 1. The van der Waals surface area contributed by atoms with Gasteiger partial charge in [-0.3, -0.25) is 9.59 Å². The van der Waals surface area contributed by atoms with Gasteiger partial charge in [-0.25, -0.2) is 0 Å². The number of carbonyl (C=O) groups excluding carboxylic acids is 2. The van der Waals surface area contributed by atoms with E-state index in [-0.39, 0.29) is 11.7 Å². The molecule has 33 heavy (non-hydrogen) atoms. The van der Waals surface area contributed by atoms with Crippen molar-refractivity contribution in [1.82, 2.24) is 9.47 Å². The van der Waals surface area contributed by atoms with E-state index in [1.165, 1.54) is 0 Å². The second-order valence-electron chi connectivity index (χ2n) is 8.42. The monoisotopic (exact) mass is 445 g/mol. The van der Waals surface area contributed by atoms with Crippen LogP contribution in [-0.4, -0.2) is 54.4 Å². The molecule has 1 saturated heterocycles. The molecule has 6 nitrogen and oxygen atoms in total. The number of aromatic nitrogens is 1. The van der Waals surface area contributed by atoms with E-state index >= 15 is 0 Å². The van der Waals surface area contributed by atoms with Crippen molar-refractivity contribution in [3.05, 3.63) is 71.9 Å². The zero-order valence-electron chi connectivity index (χ0n) is 19.6. The summed E-state index contributed by atoms with van der Waals surface area (Å²) in [6.07, 6.45) is 0.412. The fourth-order valence-electron chi connectivity index (χ4n) is 4.51. The third-order valence-corrected chi connectivity index (χ3v) is 6.43. The minimum Gasteiger partial charge on any atom is -0.497 e. The molecule has 1 fully saturated rings. The minimum absolute atomic E-state index is 0.0458. The molecule has 0 saturated carbocycles. The number of piperazine rings is 1. The maximum absolute atomic E-state index is 13.0. The largest absolute Gasteiger partial charge is 0.497 e. The molecule has 3 aromatic rings. The highest BCUT2D eigenvalue weighted by Crippen LogP contribution is 2.27. The first kappa shape index (κ1) is 22.6. The Labute approximate surface area is 195 Å². The molecule has 0 unspecified atom stereocenters. The van der Waals surface area contributed by atoms with Crippen LogP contribution in [0.15, 0.2) is 60.7 Å². The molecule has 0 bridgehead atoms. The van der Waals surface area contributed by atoms with Crippen LogP contribution in [0.2, 0.25) is 0 Å². The molecule has 1 aliphatic rings. The first-order chi connectivity index (χ1) is 16.0. The predicted octanol–water partition coefficient (Wildman–Crippen LogP) is 4.41. The molecule has 6 heteroatoms. The Morgan fingerprint density at radius 2 is 1.61 bits per heavy atom. The van der Waals surface area contributed by atoms with Crippen molar-refractivity contribution >= 4 is 17.4 Å². The summed E-state index contributed by atoms with van der Waals surface area (Å²) < 4.78 is 7.34. The van der Waals surface area contributed by atoms with Crippen LogP contribution in [-0.2, 0) is 11.3 Å². The standard InChI is InChI=1S/C27H31N3O3/c1-20-25(21(2)31)19-26(22-7-5-4-6-8-22)30(20)14-13-27(32)29-17-15-28(16-18-29)23-9-11-24(33-3)12-10-23/h4-12,19H,13-18H2,1-3H3. The van der Waals surface area contributed by atoms with E-state index in [0.717, 1.165) is 47.0 Å². The molecule has 0 spiro atoms. The van der Waals surface area contributed by atoms with Gasteiger partial charge in [0.25, 0.3) is 0 Å². The van der Waals surface area contributed by atoms with E-state index in [4.69, 9.17) is 4.74 Å². The topological polar surface area (TPSA) is 54.8 Å². The lowest BCUT2D eigenvalue weighted by atomic mass is 10.1. The first-order valence-corrected chi connectivity index (χ1v) is 11.4. The summed E-state index contributed by atoms with van der Waals surface area (Å²) in [4.78, 5) is 29.4. The van der Waals surface area contributed by atoms with Gasteiger partial charge in [-0.15, -0.1) is 0 Å². The van der Waals surface area contributed by atoms with Crippen molar-refractivity contribution in [3.8, 4) is 17.0 Å². The number of nitrogens with zero attached hydrogens (tertiary/aromatic N) is 3. The number of amides is 1. The van der Waals surface area contributed by atoms with E-state index in [2.05, 4.69) is 21.6 Å². The van der Waals surface area contributed by atoms with Crippen LogP contribution in [0.25, 0.3) is 11.3 Å². The third kappa shape index (κ3) is 4.95. The maximum Gasteiger partial charge on any atom is 0.224 e. The first-order valence-electron chi connectivity index (χ1n) is 11.4. The average Bonchev–Trinajstić information content (AvgIpc) is 3.19. The summed E-state index contributed by atoms with van der Waals surface area (Å²) in [5, 5.41) is 0. The smallest absolute Gasteiger partial charge is 0.224 e. The highest BCUT2D eigenvalue weighted by atomic mass is 16.5. The van der Waals surface area contributed by atoms with Crippen LogP contribution in [0.5, 0.6) is 5.75 Å². The van der Waals surface area contributed by atoms with Gasteiger partial charge in [-0.1, -0.05) is 30.3 Å². The molecule has 0 N–H and O–H groups in total. The second-order valence-corrected chi connectivity index (χ2v) is 8.42. The second kappa shape index (κ2) is 9.94. The van der Waals surface area contributed by atoms with E-state index in [0.29, 0.717) is 26.1 Å². The number of anilines is 1. The van der Waals surface area contributed by atoms with Gasteiger partial charge in [-0.2, -0.15) is 0 Å². The van der Waals surface area contributed by atoms with Gasteiger partial charge in [-0.05, 0) is 49.7 Å². The quantitative estimate of drug-likeness (QED) is 0.506. The van der Waals surface area contributed by atoms with Gasteiger partial charge in [0.1, 0.15) is 5.75 Å². The number of hydrogen-bond acceptors (Lipinski definition) is 4. The lowest BCUT2D eigenvalue weighted by Crippen LogP contribution is -2.49. The highest BCUT2D eigenvalue weighted by Gasteiger charge is 2.22. The van der Waals surface area contributed by atoms with Gasteiger partial charge in [0.15, 0.2) is 5.78 Å². The molecule has 4 rings (SSSR count). The molecule has 1 aromatic heterocycles. The van der Waals surface area contributed by atoms with Crippen LogP contribution in [0.3, 0.4) is 0 Å². The Balaban J connectivity index is 1.40.